The summed E-state index contributed by atoms with van der Waals surface area (Å²) in [5, 5.41) is 5.26. The quantitative estimate of drug-likeness (QED) is 0.0438. The van der Waals surface area contributed by atoms with Crippen molar-refractivity contribution in [3.8, 4) is 33.4 Å². The van der Waals surface area contributed by atoms with Crippen molar-refractivity contribution >= 4 is 44.3 Å². The van der Waals surface area contributed by atoms with Crippen LogP contribution in [0.3, 0.4) is 0 Å². The van der Waals surface area contributed by atoms with Gasteiger partial charge in [0.05, 0.1) is 11.7 Å². The van der Waals surface area contributed by atoms with E-state index in [1.807, 2.05) is 0 Å². The van der Waals surface area contributed by atoms with Crippen LogP contribution in [0.4, 0.5) is 0 Å². The normalized spacial score (nSPS) is 11.8. The van der Waals surface area contributed by atoms with Crippen LogP contribution in [-0.2, 0) is 12.8 Å². The van der Waals surface area contributed by atoms with Gasteiger partial charge in [0, 0.05) is 5.56 Å². The molecular weight excluding hydrogens is 805 g/mol. The standard InChI is InChI=1S/C62H80N2S/c1-5-7-9-11-13-15-17-19-21-23-25-27-29-49-33-35-53-45-55(39-37-51(53)43-49)59-47(3)31-41-57(58-42-32-48(4)61-62(58)64-65-63-61)60(59)56-40-38-52-44-50(34-36-54(52)46-56)30-28-26-24-22-20-18-16-14-12-10-8-6-2/h31-46H,5-30H2,1-4H3. The number of rotatable bonds is 29. The summed E-state index contributed by atoms with van der Waals surface area (Å²) < 4.78 is 9.61. The van der Waals surface area contributed by atoms with Crippen molar-refractivity contribution in [2.24, 2.45) is 0 Å². The van der Waals surface area contributed by atoms with Gasteiger partial charge < -0.3 is 0 Å². The Morgan fingerprint density at radius 1 is 0.338 bits per heavy atom. The zero-order valence-electron chi connectivity index (χ0n) is 40.9. The van der Waals surface area contributed by atoms with Crippen molar-refractivity contribution in [3.05, 3.63) is 119 Å². The Kier molecular flexibility index (Phi) is 19.5. The minimum absolute atomic E-state index is 0.994. The lowest BCUT2D eigenvalue weighted by Gasteiger charge is -2.20. The first kappa shape index (κ1) is 48.6. The summed E-state index contributed by atoms with van der Waals surface area (Å²) in [6, 6.07) is 37.8. The molecule has 0 aliphatic rings. The Labute approximate surface area is 398 Å². The Hall–Kier alpha value is -4.34. The molecule has 0 radical (unpaired) electrons. The number of fused-ring (bicyclic) bond motifs is 3. The van der Waals surface area contributed by atoms with Crippen LogP contribution in [0.25, 0.3) is 66.0 Å². The van der Waals surface area contributed by atoms with Gasteiger partial charge in [-0.2, -0.15) is 8.75 Å². The van der Waals surface area contributed by atoms with E-state index in [4.69, 9.17) is 8.75 Å². The summed E-state index contributed by atoms with van der Waals surface area (Å²) >= 11 is 1.31. The summed E-state index contributed by atoms with van der Waals surface area (Å²) in [6.45, 7) is 9.03. The SMILES string of the molecule is CCCCCCCCCCCCCCc1ccc2cc(-c3c(C)ccc(-c4ccc(C)c5nsnc45)c3-c3ccc4cc(CCCCCCCCCCCCCC)ccc4c3)ccc2c1. The maximum absolute atomic E-state index is 4.88. The summed E-state index contributed by atoms with van der Waals surface area (Å²) in [5.74, 6) is 0. The highest BCUT2D eigenvalue weighted by Crippen LogP contribution is 2.45. The van der Waals surface area contributed by atoms with E-state index >= 15 is 0 Å². The first-order valence-electron chi connectivity index (χ1n) is 26.5. The van der Waals surface area contributed by atoms with Gasteiger partial charge in [0.25, 0.3) is 0 Å². The molecule has 0 bridgehead atoms. The molecule has 0 saturated carbocycles. The van der Waals surface area contributed by atoms with E-state index < -0.39 is 0 Å². The van der Waals surface area contributed by atoms with Gasteiger partial charge in [-0.1, -0.05) is 240 Å². The van der Waals surface area contributed by atoms with Gasteiger partial charge in [0.1, 0.15) is 11.0 Å². The van der Waals surface area contributed by atoms with Crippen molar-refractivity contribution < 1.29 is 0 Å². The molecular formula is C62H80N2S. The number of nitrogens with zero attached hydrogens (tertiary/aromatic N) is 2. The summed E-state index contributed by atoms with van der Waals surface area (Å²) in [7, 11) is 0. The minimum Gasteiger partial charge on any atom is -0.173 e. The van der Waals surface area contributed by atoms with E-state index in [0.29, 0.717) is 0 Å². The molecule has 0 fully saturated rings. The average Bonchev–Trinajstić information content (AvgIpc) is 3.83. The summed E-state index contributed by atoms with van der Waals surface area (Å²) in [4.78, 5) is 0. The molecule has 7 aromatic rings. The van der Waals surface area contributed by atoms with Crippen LogP contribution in [0.5, 0.6) is 0 Å². The van der Waals surface area contributed by atoms with Gasteiger partial charge in [-0.25, -0.2) is 0 Å². The maximum Gasteiger partial charge on any atom is 0.112 e. The molecule has 0 spiro atoms. The lowest BCUT2D eigenvalue weighted by atomic mass is 9.83. The Morgan fingerprint density at radius 2 is 0.723 bits per heavy atom. The van der Waals surface area contributed by atoms with Crippen LogP contribution >= 0.6 is 11.7 Å². The number of hydrogen-bond donors (Lipinski definition) is 0. The zero-order chi connectivity index (χ0) is 45.1. The van der Waals surface area contributed by atoms with Crippen LogP contribution in [0.1, 0.15) is 190 Å². The average molecular weight is 885 g/mol. The van der Waals surface area contributed by atoms with Gasteiger partial charge in [-0.3, -0.25) is 0 Å². The minimum atomic E-state index is 0.994. The van der Waals surface area contributed by atoms with Gasteiger partial charge in [-0.05, 0) is 123 Å². The van der Waals surface area contributed by atoms with Crippen molar-refractivity contribution in [2.45, 2.75) is 195 Å². The van der Waals surface area contributed by atoms with E-state index in [1.54, 1.807) is 0 Å². The molecule has 2 nitrogen and oxygen atoms in total. The van der Waals surface area contributed by atoms with Crippen molar-refractivity contribution in [2.75, 3.05) is 0 Å². The summed E-state index contributed by atoms with van der Waals surface area (Å²) in [6.07, 6.45) is 35.7. The predicted octanol–water partition coefficient (Wildman–Crippen LogP) is 20.1. The third-order valence-corrected chi connectivity index (χ3v) is 14.9. The number of hydrogen-bond acceptors (Lipinski definition) is 3. The van der Waals surface area contributed by atoms with Crippen LogP contribution in [0.2, 0.25) is 0 Å². The molecule has 3 heteroatoms. The second-order valence-corrected chi connectivity index (χ2v) is 20.2. The van der Waals surface area contributed by atoms with E-state index in [0.717, 1.165) is 23.0 Å². The third kappa shape index (κ3) is 13.9. The Morgan fingerprint density at radius 3 is 1.22 bits per heavy atom. The second kappa shape index (κ2) is 26.1. The molecule has 344 valence electrons. The predicted molar refractivity (Wildman–Crippen MR) is 288 cm³/mol. The number of aryl methyl sites for hydroxylation is 4. The van der Waals surface area contributed by atoms with Gasteiger partial charge in [-0.15, -0.1) is 0 Å². The van der Waals surface area contributed by atoms with Gasteiger partial charge >= 0.3 is 0 Å². The van der Waals surface area contributed by atoms with Crippen LogP contribution in [0.15, 0.2) is 97.1 Å². The Balaban J connectivity index is 1.05. The molecule has 0 N–H and O–H groups in total. The number of aromatic nitrogens is 2. The lowest BCUT2D eigenvalue weighted by Crippen LogP contribution is -1.95. The van der Waals surface area contributed by atoms with Crippen LogP contribution in [0, 0.1) is 13.8 Å². The van der Waals surface area contributed by atoms with E-state index in [1.165, 1.54) is 244 Å². The first-order chi connectivity index (χ1) is 32.0. The summed E-state index contributed by atoms with van der Waals surface area (Å²) in [5.41, 5.74) is 14.8. The monoisotopic (exact) mass is 885 g/mol. The van der Waals surface area contributed by atoms with Crippen molar-refractivity contribution in [3.63, 3.8) is 0 Å². The molecule has 65 heavy (non-hydrogen) atoms. The van der Waals surface area contributed by atoms with Gasteiger partial charge in [0.15, 0.2) is 0 Å². The molecule has 0 aliphatic carbocycles. The number of benzene rings is 6. The molecule has 6 aromatic carbocycles. The molecule has 0 saturated heterocycles. The fourth-order valence-electron chi connectivity index (χ4n) is 10.4. The topological polar surface area (TPSA) is 25.8 Å². The van der Waals surface area contributed by atoms with Crippen molar-refractivity contribution in [1.82, 2.24) is 8.75 Å². The first-order valence-corrected chi connectivity index (χ1v) is 27.2. The molecule has 1 heterocycles. The molecule has 0 aliphatic heterocycles. The maximum atomic E-state index is 4.88. The van der Waals surface area contributed by atoms with Gasteiger partial charge in [0.2, 0.25) is 0 Å². The highest BCUT2D eigenvalue weighted by molar-refractivity contribution is 7.00. The van der Waals surface area contributed by atoms with E-state index in [2.05, 4.69) is 125 Å². The third-order valence-electron chi connectivity index (χ3n) is 14.3. The molecule has 0 amide bonds. The molecule has 1 aromatic heterocycles. The fourth-order valence-corrected chi connectivity index (χ4v) is 11.0. The highest BCUT2D eigenvalue weighted by atomic mass is 32.1. The van der Waals surface area contributed by atoms with E-state index in [9.17, 15) is 0 Å². The smallest absolute Gasteiger partial charge is 0.112 e. The second-order valence-electron chi connectivity index (χ2n) is 19.6. The van der Waals surface area contributed by atoms with Crippen LogP contribution in [-0.4, -0.2) is 8.75 Å². The largest absolute Gasteiger partial charge is 0.173 e. The van der Waals surface area contributed by atoms with E-state index in [-0.39, 0.29) is 0 Å². The molecule has 0 unspecified atom stereocenters. The Bertz CT molecular complexity index is 2520. The van der Waals surface area contributed by atoms with Crippen LogP contribution < -0.4 is 0 Å². The van der Waals surface area contributed by atoms with Crippen molar-refractivity contribution in [1.29, 1.82) is 0 Å². The number of unbranched alkanes of at least 4 members (excludes halogenated alkanes) is 22. The fraction of sp³-hybridized carbons (Fsp3) is 0.484. The lowest BCUT2D eigenvalue weighted by molar-refractivity contribution is 0.544. The molecule has 0 atom stereocenters. The highest BCUT2D eigenvalue weighted by Gasteiger charge is 2.20. The molecule has 7 rings (SSSR count). The zero-order valence-corrected chi connectivity index (χ0v) is 41.7.